The highest BCUT2D eigenvalue weighted by atomic mass is 79.9. The number of carbonyl (C=O) groups excluding carboxylic acids is 2. The monoisotopic (exact) mass is 300 g/mol. The van der Waals surface area contributed by atoms with Gasteiger partial charge in [0.2, 0.25) is 12.0 Å². The molecule has 0 aromatic heterocycles. The molecule has 1 aromatic carbocycles. The van der Waals surface area contributed by atoms with Gasteiger partial charge in [0.1, 0.15) is 0 Å². The average Bonchev–Trinajstić information content (AvgIpc) is 2.35. The molecule has 92 valence electrons. The Labute approximate surface area is 108 Å². The summed E-state index contributed by atoms with van der Waals surface area (Å²) >= 11 is 3.20. The lowest BCUT2D eigenvalue weighted by molar-refractivity contribution is -0.125. The van der Waals surface area contributed by atoms with Gasteiger partial charge in [-0.25, -0.2) is 4.39 Å². The van der Waals surface area contributed by atoms with Crippen LogP contribution < -0.4 is 0 Å². The summed E-state index contributed by atoms with van der Waals surface area (Å²) in [5.41, 5.74) is 0.212. The summed E-state index contributed by atoms with van der Waals surface area (Å²) in [7, 11) is 0. The molecule has 2 nitrogen and oxygen atoms in total. The maximum absolute atomic E-state index is 13.7. The van der Waals surface area contributed by atoms with Crippen LogP contribution in [-0.4, -0.2) is 17.7 Å². The fraction of sp³-hybridized carbons (Fsp3) is 0.385. The Balaban J connectivity index is 2.87. The van der Waals surface area contributed by atoms with Crippen molar-refractivity contribution in [2.75, 3.05) is 0 Å². The number of hydrogen-bond donors (Lipinski definition) is 0. The molecule has 0 radical (unpaired) electrons. The Bertz CT molecular complexity index is 431. The average molecular weight is 301 g/mol. The van der Waals surface area contributed by atoms with Crippen molar-refractivity contribution in [3.63, 3.8) is 0 Å². The Kier molecular flexibility index (Phi) is 5.00. The van der Waals surface area contributed by atoms with Crippen molar-refractivity contribution in [1.82, 2.24) is 0 Å². The SMILES string of the molecule is CCC(C)C(=O)C(F)C(=O)c1cccc(Br)c1. The molecule has 0 saturated heterocycles. The summed E-state index contributed by atoms with van der Waals surface area (Å²) in [6, 6.07) is 6.39. The van der Waals surface area contributed by atoms with Gasteiger partial charge in [-0.15, -0.1) is 0 Å². The molecule has 1 aromatic rings. The first kappa shape index (κ1) is 14.0. The molecule has 0 aliphatic heterocycles. The second-order valence-corrected chi connectivity index (χ2v) is 4.86. The maximum atomic E-state index is 13.7. The van der Waals surface area contributed by atoms with Crippen LogP contribution in [0.5, 0.6) is 0 Å². The van der Waals surface area contributed by atoms with Gasteiger partial charge < -0.3 is 0 Å². The molecular formula is C13H14BrFO2. The number of ketones is 2. The van der Waals surface area contributed by atoms with Crippen molar-refractivity contribution < 1.29 is 14.0 Å². The van der Waals surface area contributed by atoms with Crippen LogP contribution in [0.2, 0.25) is 0 Å². The van der Waals surface area contributed by atoms with Gasteiger partial charge in [0.15, 0.2) is 5.78 Å². The van der Waals surface area contributed by atoms with Crippen molar-refractivity contribution in [1.29, 1.82) is 0 Å². The molecule has 2 unspecified atom stereocenters. The summed E-state index contributed by atoms with van der Waals surface area (Å²) < 4.78 is 14.4. The van der Waals surface area contributed by atoms with E-state index in [4.69, 9.17) is 0 Å². The van der Waals surface area contributed by atoms with Crippen LogP contribution in [0.1, 0.15) is 30.6 Å². The molecule has 1 rings (SSSR count). The zero-order chi connectivity index (χ0) is 13.0. The van der Waals surface area contributed by atoms with E-state index in [9.17, 15) is 14.0 Å². The first-order chi connectivity index (χ1) is 7.97. The quantitative estimate of drug-likeness (QED) is 0.615. The predicted molar refractivity (Wildman–Crippen MR) is 67.8 cm³/mol. The van der Waals surface area contributed by atoms with Crippen LogP contribution in [0.4, 0.5) is 4.39 Å². The lowest BCUT2D eigenvalue weighted by Gasteiger charge is -2.11. The van der Waals surface area contributed by atoms with Gasteiger partial charge in [0, 0.05) is 16.0 Å². The highest BCUT2D eigenvalue weighted by molar-refractivity contribution is 9.10. The van der Waals surface area contributed by atoms with Gasteiger partial charge in [-0.05, 0) is 18.6 Å². The van der Waals surface area contributed by atoms with Crippen LogP contribution in [-0.2, 0) is 4.79 Å². The van der Waals surface area contributed by atoms with E-state index in [0.717, 1.165) is 0 Å². The van der Waals surface area contributed by atoms with Crippen molar-refractivity contribution >= 4 is 27.5 Å². The van der Waals surface area contributed by atoms with E-state index >= 15 is 0 Å². The lowest BCUT2D eigenvalue weighted by Crippen LogP contribution is -2.30. The summed E-state index contributed by atoms with van der Waals surface area (Å²) in [5.74, 6) is -1.84. The topological polar surface area (TPSA) is 34.1 Å². The molecule has 0 aliphatic carbocycles. The number of rotatable bonds is 5. The fourth-order valence-electron chi connectivity index (χ4n) is 1.37. The summed E-state index contributed by atoms with van der Waals surface area (Å²) in [6.07, 6.45) is -1.52. The first-order valence-corrected chi connectivity index (χ1v) is 6.24. The van der Waals surface area contributed by atoms with E-state index in [2.05, 4.69) is 15.9 Å². The van der Waals surface area contributed by atoms with E-state index in [1.54, 1.807) is 26.0 Å². The minimum absolute atomic E-state index is 0.212. The highest BCUT2D eigenvalue weighted by Crippen LogP contribution is 2.17. The van der Waals surface area contributed by atoms with Crippen LogP contribution in [0.15, 0.2) is 28.7 Å². The highest BCUT2D eigenvalue weighted by Gasteiger charge is 2.29. The molecule has 0 spiro atoms. The van der Waals surface area contributed by atoms with E-state index in [1.807, 2.05) is 0 Å². The summed E-state index contributed by atoms with van der Waals surface area (Å²) in [6.45, 7) is 3.42. The molecule has 2 atom stereocenters. The number of halogens is 2. The largest absolute Gasteiger partial charge is 0.296 e. The molecule has 0 amide bonds. The Morgan fingerprint density at radius 3 is 2.59 bits per heavy atom. The second-order valence-electron chi connectivity index (χ2n) is 3.95. The summed E-state index contributed by atoms with van der Waals surface area (Å²) in [5, 5.41) is 0. The van der Waals surface area contributed by atoms with Gasteiger partial charge in [-0.1, -0.05) is 41.9 Å². The second kappa shape index (κ2) is 6.05. The van der Waals surface area contributed by atoms with E-state index < -0.39 is 23.7 Å². The van der Waals surface area contributed by atoms with Gasteiger partial charge in [-0.3, -0.25) is 9.59 Å². The predicted octanol–water partition coefficient (Wildman–Crippen LogP) is 3.59. The molecule has 4 heteroatoms. The number of alkyl halides is 1. The third-order valence-electron chi connectivity index (χ3n) is 2.69. The normalized spacial score (nSPS) is 14.1. The molecule has 0 bridgehead atoms. The molecule has 17 heavy (non-hydrogen) atoms. The number of Topliss-reactive ketones (excluding diaryl/α,β-unsaturated/α-hetero) is 2. The third-order valence-corrected chi connectivity index (χ3v) is 3.18. The van der Waals surface area contributed by atoms with Crippen LogP contribution in [0.25, 0.3) is 0 Å². The van der Waals surface area contributed by atoms with Gasteiger partial charge in [0.25, 0.3) is 0 Å². The van der Waals surface area contributed by atoms with Crippen molar-refractivity contribution in [2.45, 2.75) is 26.4 Å². The van der Waals surface area contributed by atoms with E-state index in [0.29, 0.717) is 10.9 Å². The van der Waals surface area contributed by atoms with Crippen LogP contribution in [0, 0.1) is 5.92 Å². The van der Waals surface area contributed by atoms with Gasteiger partial charge in [-0.2, -0.15) is 0 Å². The zero-order valence-electron chi connectivity index (χ0n) is 9.74. The van der Waals surface area contributed by atoms with Crippen LogP contribution in [0.3, 0.4) is 0 Å². The lowest BCUT2D eigenvalue weighted by atomic mass is 9.95. The first-order valence-electron chi connectivity index (χ1n) is 5.45. The molecule has 0 heterocycles. The zero-order valence-corrected chi connectivity index (χ0v) is 11.3. The molecule has 0 saturated carbocycles. The maximum Gasteiger partial charge on any atom is 0.221 e. The van der Waals surface area contributed by atoms with Gasteiger partial charge >= 0.3 is 0 Å². The molecular weight excluding hydrogens is 287 g/mol. The Morgan fingerprint density at radius 1 is 1.41 bits per heavy atom. The number of hydrogen-bond acceptors (Lipinski definition) is 2. The minimum Gasteiger partial charge on any atom is -0.296 e. The number of carbonyl (C=O) groups is 2. The fourth-order valence-corrected chi connectivity index (χ4v) is 1.77. The number of benzene rings is 1. The van der Waals surface area contributed by atoms with Gasteiger partial charge in [0.05, 0.1) is 0 Å². The minimum atomic E-state index is -2.06. The standard InChI is InChI=1S/C13H14BrFO2/c1-3-8(2)12(16)11(15)13(17)9-5-4-6-10(14)7-9/h4-8,11H,3H2,1-2H3. The molecule has 0 N–H and O–H groups in total. The van der Waals surface area contributed by atoms with E-state index in [1.165, 1.54) is 12.1 Å². The van der Waals surface area contributed by atoms with Crippen molar-refractivity contribution in [3.8, 4) is 0 Å². The third kappa shape index (κ3) is 3.46. The Hall–Kier alpha value is -1.03. The van der Waals surface area contributed by atoms with Crippen molar-refractivity contribution in [3.05, 3.63) is 34.3 Å². The van der Waals surface area contributed by atoms with Crippen molar-refractivity contribution in [2.24, 2.45) is 5.92 Å². The van der Waals surface area contributed by atoms with Crippen LogP contribution >= 0.6 is 15.9 Å². The smallest absolute Gasteiger partial charge is 0.221 e. The Morgan fingerprint density at radius 2 is 2.06 bits per heavy atom. The van der Waals surface area contributed by atoms with E-state index in [-0.39, 0.29) is 5.56 Å². The molecule has 0 fully saturated rings. The molecule has 0 aliphatic rings. The summed E-state index contributed by atoms with van der Waals surface area (Å²) in [4.78, 5) is 23.3.